The maximum Gasteiger partial charge on any atom is 0.123 e. The van der Waals surface area contributed by atoms with Gasteiger partial charge in [0.25, 0.3) is 0 Å². The van der Waals surface area contributed by atoms with Crippen LogP contribution in [-0.2, 0) is 0 Å². The summed E-state index contributed by atoms with van der Waals surface area (Å²) >= 11 is 0. The van der Waals surface area contributed by atoms with E-state index in [1.807, 2.05) is 18.2 Å². The Balaban J connectivity index is 3.45. The minimum Gasteiger partial charge on any atom is -0.318 e. The molecule has 0 heterocycles. The molecule has 1 unspecified atom stereocenters. The second kappa shape index (κ2) is 10.0. The largest absolute Gasteiger partial charge is 0.318 e. The first kappa shape index (κ1) is 21.0. The van der Waals surface area contributed by atoms with Crippen LogP contribution in [0, 0.1) is 11.7 Å². The summed E-state index contributed by atoms with van der Waals surface area (Å²) < 4.78 is 13.4. The van der Waals surface area contributed by atoms with Gasteiger partial charge in [-0.25, -0.2) is 4.39 Å². The zero-order valence-corrected chi connectivity index (χ0v) is 16.4. The van der Waals surface area contributed by atoms with Crippen LogP contribution in [0.4, 0.5) is 10.1 Å². The Morgan fingerprint density at radius 2 is 1.80 bits per heavy atom. The lowest BCUT2D eigenvalue weighted by atomic mass is 9.99. The van der Waals surface area contributed by atoms with Crippen LogP contribution in [0.25, 0.3) is 0 Å². The summed E-state index contributed by atoms with van der Waals surface area (Å²) in [5.74, 6) is 0.123. The molecule has 0 aliphatic carbocycles. The van der Waals surface area contributed by atoms with E-state index >= 15 is 0 Å². The highest BCUT2D eigenvalue weighted by Gasteiger charge is 2.19. The third kappa shape index (κ3) is 5.74. The second-order valence-corrected chi connectivity index (χ2v) is 6.64. The van der Waals surface area contributed by atoms with Crippen molar-refractivity contribution >= 4 is 5.69 Å². The number of anilines is 1. The van der Waals surface area contributed by atoms with E-state index in [4.69, 9.17) is 0 Å². The van der Waals surface area contributed by atoms with E-state index in [1.165, 1.54) is 17.7 Å². The maximum absolute atomic E-state index is 13.4. The molecule has 136 valence electrons. The average molecular weight is 342 g/mol. The van der Waals surface area contributed by atoms with Gasteiger partial charge in [0.2, 0.25) is 0 Å². The topological polar surface area (TPSA) is 3.24 Å². The van der Waals surface area contributed by atoms with Crippen molar-refractivity contribution < 1.29 is 4.39 Å². The molecule has 1 rings (SSSR count). The summed E-state index contributed by atoms with van der Waals surface area (Å²) in [4.78, 5) is 2.17. The van der Waals surface area contributed by atoms with Gasteiger partial charge in [0.15, 0.2) is 0 Å². The van der Waals surface area contributed by atoms with Gasteiger partial charge in [0.05, 0.1) is 0 Å². The van der Waals surface area contributed by atoms with Crippen LogP contribution in [0.5, 0.6) is 0 Å². The molecule has 0 N–H and O–H groups in total. The number of allylic oxidation sites excluding steroid dienone is 6. The van der Waals surface area contributed by atoms with Gasteiger partial charge < -0.3 is 4.90 Å². The molecule has 0 saturated carbocycles. The first-order chi connectivity index (χ1) is 11.8. The molecule has 0 fully saturated rings. The molecule has 0 aliphatic rings. The van der Waals surface area contributed by atoms with Gasteiger partial charge in [0, 0.05) is 17.1 Å². The van der Waals surface area contributed by atoms with Crippen LogP contribution >= 0.6 is 0 Å². The van der Waals surface area contributed by atoms with Gasteiger partial charge in [-0.2, -0.15) is 0 Å². The van der Waals surface area contributed by atoms with Crippen LogP contribution in [0.2, 0.25) is 0 Å². The number of rotatable bonds is 9. The zero-order valence-electron chi connectivity index (χ0n) is 16.4. The fourth-order valence-corrected chi connectivity index (χ4v) is 2.84. The lowest BCUT2D eigenvalue weighted by Crippen LogP contribution is -2.25. The molecule has 0 bridgehead atoms. The van der Waals surface area contributed by atoms with Crippen LogP contribution < -0.4 is 4.90 Å². The Bertz CT molecular complexity index is 645. The van der Waals surface area contributed by atoms with Crippen LogP contribution in [0.1, 0.15) is 53.9 Å². The molecule has 1 aromatic carbocycles. The zero-order chi connectivity index (χ0) is 19.0. The highest BCUT2D eigenvalue weighted by Crippen LogP contribution is 2.31. The summed E-state index contributed by atoms with van der Waals surface area (Å²) in [6, 6.07) is 6.64. The maximum atomic E-state index is 13.4. The molecule has 2 heteroatoms. The Hall–Kier alpha value is -2.09. The van der Waals surface area contributed by atoms with E-state index in [0.717, 1.165) is 41.9 Å². The quantitative estimate of drug-likeness (QED) is 0.423. The summed E-state index contributed by atoms with van der Waals surface area (Å²) in [5, 5.41) is 0. The lowest BCUT2D eigenvalue weighted by molar-refractivity contribution is 0.587. The summed E-state index contributed by atoms with van der Waals surface area (Å²) in [6.45, 7) is 19.0. The highest BCUT2D eigenvalue weighted by molar-refractivity contribution is 5.59. The Kier molecular flexibility index (Phi) is 8.40. The minimum absolute atomic E-state index is 0.228. The number of hydrogen-bond donors (Lipinski definition) is 0. The van der Waals surface area contributed by atoms with Crippen molar-refractivity contribution in [2.24, 2.45) is 5.92 Å². The molecule has 0 aliphatic heterocycles. The summed E-state index contributed by atoms with van der Waals surface area (Å²) in [7, 11) is 0. The van der Waals surface area contributed by atoms with Crippen molar-refractivity contribution in [1.82, 2.24) is 0 Å². The van der Waals surface area contributed by atoms with Gasteiger partial charge in [-0.15, -0.1) is 0 Å². The number of nitrogens with zero attached hydrogens (tertiary/aromatic N) is 1. The Labute approximate surface area is 153 Å². The molecule has 0 aromatic heterocycles. The van der Waals surface area contributed by atoms with Crippen LogP contribution in [0.3, 0.4) is 0 Å². The molecule has 0 spiro atoms. The van der Waals surface area contributed by atoms with E-state index < -0.39 is 0 Å². The SMILES string of the molecule is C=CC(/C=C(\CC)N(C(=C)C(C)CCC)c1ccc(F)cc1)=C(C)C. The molecule has 0 saturated heterocycles. The molecular formula is C23H32FN. The van der Waals surface area contributed by atoms with Gasteiger partial charge >= 0.3 is 0 Å². The van der Waals surface area contributed by atoms with Gasteiger partial charge in [-0.3, -0.25) is 0 Å². The predicted molar refractivity (Wildman–Crippen MR) is 109 cm³/mol. The summed E-state index contributed by atoms with van der Waals surface area (Å²) in [5.41, 5.74) is 5.45. The van der Waals surface area contributed by atoms with E-state index in [2.05, 4.69) is 58.8 Å². The number of hydrogen-bond acceptors (Lipinski definition) is 1. The van der Waals surface area contributed by atoms with Crippen molar-refractivity contribution in [3.8, 4) is 0 Å². The lowest BCUT2D eigenvalue weighted by Gasteiger charge is -2.32. The predicted octanol–water partition coefficient (Wildman–Crippen LogP) is 7.40. The van der Waals surface area contributed by atoms with Crippen molar-refractivity contribution in [2.75, 3.05) is 4.90 Å². The van der Waals surface area contributed by atoms with Crippen LogP contribution in [-0.4, -0.2) is 0 Å². The minimum atomic E-state index is -0.228. The normalized spacial score (nSPS) is 12.5. The van der Waals surface area contributed by atoms with Crippen molar-refractivity contribution in [3.05, 3.63) is 77.9 Å². The molecule has 1 aromatic rings. The van der Waals surface area contributed by atoms with E-state index in [-0.39, 0.29) is 5.82 Å². The fourth-order valence-electron chi connectivity index (χ4n) is 2.84. The van der Waals surface area contributed by atoms with E-state index in [9.17, 15) is 4.39 Å². The van der Waals surface area contributed by atoms with Gasteiger partial charge in [0.1, 0.15) is 5.82 Å². The van der Waals surface area contributed by atoms with Crippen molar-refractivity contribution in [2.45, 2.75) is 53.9 Å². The summed E-state index contributed by atoms with van der Waals surface area (Å²) in [6.07, 6.45) is 7.07. The Morgan fingerprint density at radius 1 is 1.20 bits per heavy atom. The molecule has 25 heavy (non-hydrogen) atoms. The monoisotopic (exact) mass is 341 g/mol. The van der Waals surface area contributed by atoms with Gasteiger partial charge in [-0.05, 0) is 68.5 Å². The number of halogens is 1. The molecule has 0 amide bonds. The molecule has 1 nitrogen and oxygen atoms in total. The first-order valence-corrected chi connectivity index (χ1v) is 9.10. The standard InChI is InChI=1S/C23H32FN/c1-8-11-18(6)19(7)25(23-14-12-21(24)13-15-23)22(10-3)16-20(9-2)17(4)5/h9,12-16,18H,2,7-8,10-11H2,1,3-6H3/b22-16+. The third-order valence-electron chi connectivity index (χ3n) is 4.43. The van der Waals surface area contributed by atoms with Crippen LogP contribution in [0.15, 0.2) is 72.1 Å². The highest BCUT2D eigenvalue weighted by atomic mass is 19.1. The molecule has 1 atom stereocenters. The third-order valence-corrected chi connectivity index (χ3v) is 4.43. The van der Waals surface area contributed by atoms with E-state index in [1.54, 1.807) is 0 Å². The molecule has 0 radical (unpaired) electrons. The van der Waals surface area contributed by atoms with Gasteiger partial charge in [-0.1, -0.05) is 52.0 Å². The Morgan fingerprint density at radius 3 is 2.24 bits per heavy atom. The smallest absolute Gasteiger partial charge is 0.123 e. The van der Waals surface area contributed by atoms with Crippen molar-refractivity contribution in [3.63, 3.8) is 0 Å². The second-order valence-electron chi connectivity index (χ2n) is 6.64. The number of benzene rings is 1. The molecular weight excluding hydrogens is 309 g/mol. The van der Waals surface area contributed by atoms with Crippen molar-refractivity contribution in [1.29, 1.82) is 0 Å². The van der Waals surface area contributed by atoms with E-state index in [0.29, 0.717) is 5.92 Å². The first-order valence-electron chi connectivity index (χ1n) is 9.10. The average Bonchev–Trinajstić information content (AvgIpc) is 2.59. The fraction of sp³-hybridized carbons (Fsp3) is 0.391.